The van der Waals surface area contributed by atoms with Gasteiger partial charge in [0, 0.05) is 5.56 Å². The van der Waals surface area contributed by atoms with Crippen molar-refractivity contribution in [2.45, 2.75) is 25.1 Å². The Labute approximate surface area is 92.8 Å². The molecule has 1 unspecified atom stereocenters. The number of rotatable bonds is 1. The number of aromatic amines is 1. The zero-order valence-electron chi connectivity index (χ0n) is 8.86. The quantitative estimate of drug-likeness (QED) is 0.675. The summed E-state index contributed by atoms with van der Waals surface area (Å²) < 4.78 is 22.8. The monoisotopic (exact) mass is 243 g/mol. The molecule has 1 atom stereocenters. The lowest BCUT2D eigenvalue weighted by Gasteiger charge is -2.16. The van der Waals surface area contributed by atoms with E-state index in [-0.39, 0.29) is 23.5 Å². The van der Waals surface area contributed by atoms with Crippen LogP contribution in [0.1, 0.15) is 30.0 Å². The van der Waals surface area contributed by atoms with Crippen LogP contribution < -0.4 is 11.3 Å². The molecule has 0 aliphatic carbocycles. The summed E-state index contributed by atoms with van der Waals surface area (Å²) in [5, 5.41) is 0. The van der Waals surface area contributed by atoms with E-state index in [4.69, 9.17) is 5.73 Å². The maximum absolute atomic E-state index is 11.7. The molecule has 0 spiro atoms. The first-order chi connectivity index (χ1) is 7.39. The van der Waals surface area contributed by atoms with Gasteiger partial charge < -0.3 is 10.7 Å². The molecule has 16 heavy (non-hydrogen) atoms. The zero-order chi connectivity index (χ0) is 11.9. The van der Waals surface area contributed by atoms with Crippen LogP contribution in [0.2, 0.25) is 0 Å². The Kier molecular flexibility index (Phi) is 2.59. The Hall–Kier alpha value is -1.21. The molecule has 7 heteroatoms. The third-order valence-electron chi connectivity index (χ3n) is 2.57. The standard InChI is InChI=1S/C9H13N3O3S/c1-5(10)8-11-7-4-16(14,15)3-2-6(7)9(13)12-8/h5H,2-4,10H2,1H3,(H,11,12,13). The minimum atomic E-state index is -3.11. The van der Waals surface area contributed by atoms with Crippen molar-refractivity contribution in [3.8, 4) is 0 Å². The van der Waals surface area contributed by atoms with Crippen LogP contribution in [0.25, 0.3) is 0 Å². The summed E-state index contributed by atoms with van der Waals surface area (Å²) in [7, 11) is -3.11. The molecule has 0 fully saturated rings. The summed E-state index contributed by atoms with van der Waals surface area (Å²) in [4.78, 5) is 18.3. The largest absolute Gasteiger partial charge is 0.322 e. The van der Waals surface area contributed by atoms with Crippen LogP contribution in [0.4, 0.5) is 0 Å². The van der Waals surface area contributed by atoms with Gasteiger partial charge in [0.15, 0.2) is 9.84 Å². The summed E-state index contributed by atoms with van der Waals surface area (Å²) >= 11 is 0. The Morgan fingerprint density at radius 3 is 2.81 bits per heavy atom. The van der Waals surface area contributed by atoms with Gasteiger partial charge in [-0.25, -0.2) is 13.4 Å². The molecule has 0 saturated heterocycles. The average molecular weight is 243 g/mol. The lowest BCUT2D eigenvalue weighted by molar-refractivity contribution is 0.588. The maximum Gasteiger partial charge on any atom is 0.254 e. The van der Waals surface area contributed by atoms with Crippen LogP contribution in [0.15, 0.2) is 4.79 Å². The molecule has 0 aromatic carbocycles. The molecule has 88 valence electrons. The fraction of sp³-hybridized carbons (Fsp3) is 0.556. The highest BCUT2D eigenvalue weighted by atomic mass is 32.2. The van der Waals surface area contributed by atoms with Crippen LogP contribution in [-0.2, 0) is 22.0 Å². The number of aromatic nitrogens is 2. The second-order valence-corrected chi connectivity index (χ2v) is 6.19. The van der Waals surface area contributed by atoms with Crippen molar-refractivity contribution >= 4 is 9.84 Å². The van der Waals surface area contributed by atoms with Crippen molar-refractivity contribution in [2.24, 2.45) is 5.73 Å². The van der Waals surface area contributed by atoms with Crippen molar-refractivity contribution in [1.29, 1.82) is 0 Å². The molecule has 0 radical (unpaired) electrons. The first-order valence-electron chi connectivity index (χ1n) is 4.97. The minimum Gasteiger partial charge on any atom is -0.322 e. The van der Waals surface area contributed by atoms with Crippen LogP contribution in [0.5, 0.6) is 0 Å². The highest BCUT2D eigenvalue weighted by Gasteiger charge is 2.25. The molecule has 3 N–H and O–H groups in total. The molecule has 1 aliphatic heterocycles. The lowest BCUT2D eigenvalue weighted by atomic mass is 10.1. The third-order valence-corrected chi connectivity index (χ3v) is 4.11. The molecule has 1 aliphatic rings. The van der Waals surface area contributed by atoms with E-state index in [1.54, 1.807) is 6.92 Å². The summed E-state index contributed by atoms with van der Waals surface area (Å²) in [6.45, 7) is 1.68. The minimum absolute atomic E-state index is 0.0162. The summed E-state index contributed by atoms with van der Waals surface area (Å²) in [6.07, 6.45) is 0.235. The van der Waals surface area contributed by atoms with E-state index in [1.807, 2.05) is 0 Å². The van der Waals surface area contributed by atoms with Gasteiger partial charge in [0.25, 0.3) is 5.56 Å². The van der Waals surface area contributed by atoms with Crippen molar-refractivity contribution in [2.75, 3.05) is 5.75 Å². The molecule has 0 bridgehead atoms. The number of nitrogens with one attached hydrogen (secondary N) is 1. The summed E-state index contributed by atoms with van der Waals surface area (Å²) in [6, 6.07) is -0.414. The van der Waals surface area contributed by atoms with Crippen LogP contribution >= 0.6 is 0 Å². The Morgan fingerprint density at radius 2 is 2.19 bits per heavy atom. The number of hydrogen-bond donors (Lipinski definition) is 2. The van der Waals surface area contributed by atoms with Crippen molar-refractivity contribution in [3.05, 3.63) is 27.4 Å². The van der Waals surface area contributed by atoms with Gasteiger partial charge in [-0.05, 0) is 13.3 Å². The summed E-state index contributed by atoms with van der Waals surface area (Å²) in [5.41, 5.74) is 6.15. The van der Waals surface area contributed by atoms with Crippen LogP contribution in [0.3, 0.4) is 0 Å². The summed E-state index contributed by atoms with van der Waals surface area (Å²) in [5.74, 6) is 0.190. The second-order valence-electron chi connectivity index (χ2n) is 4.01. The van der Waals surface area contributed by atoms with Crippen LogP contribution in [0, 0.1) is 0 Å². The maximum atomic E-state index is 11.7. The van der Waals surface area contributed by atoms with Crippen molar-refractivity contribution < 1.29 is 8.42 Å². The first kappa shape index (κ1) is 11.3. The van der Waals surface area contributed by atoms with Crippen LogP contribution in [-0.4, -0.2) is 24.1 Å². The average Bonchev–Trinajstić information content (AvgIpc) is 2.14. The molecule has 0 saturated carbocycles. The predicted molar refractivity (Wildman–Crippen MR) is 58.7 cm³/mol. The first-order valence-corrected chi connectivity index (χ1v) is 6.79. The van der Waals surface area contributed by atoms with Gasteiger partial charge in [-0.15, -0.1) is 0 Å². The third kappa shape index (κ3) is 2.00. The van der Waals surface area contributed by atoms with Gasteiger partial charge in [-0.3, -0.25) is 4.79 Å². The molecule has 2 rings (SSSR count). The van der Waals surface area contributed by atoms with Gasteiger partial charge >= 0.3 is 0 Å². The van der Waals surface area contributed by atoms with Gasteiger partial charge in [-0.2, -0.15) is 0 Å². The molecular weight excluding hydrogens is 230 g/mol. The van der Waals surface area contributed by atoms with Crippen molar-refractivity contribution in [3.63, 3.8) is 0 Å². The molecule has 6 nitrogen and oxygen atoms in total. The molecule has 2 heterocycles. The van der Waals surface area contributed by atoms with E-state index >= 15 is 0 Å². The zero-order valence-corrected chi connectivity index (χ0v) is 9.67. The highest BCUT2D eigenvalue weighted by molar-refractivity contribution is 7.90. The Bertz CT molecular complexity index is 574. The normalized spacial score (nSPS) is 20.1. The Morgan fingerprint density at radius 1 is 1.50 bits per heavy atom. The highest BCUT2D eigenvalue weighted by Crippen LogP contribution is 2.16. The van der Waals surface area contributed by atoms with E-state index in [1.165, 1.54) is 0 Å². The Balaban J connectivity index is 2.58. The molecule has 1 aromatic heterocycles. The lowest BCUT2D eigenvalue weighted by Crippen LogP contribution is -2.30. The molecular formula is C9H13N3O3S. The number of nitrogens with zero attached hydrogens (tertiary/aromatic N) is 1. The molecule has 0 amide bonds. The van der Waals surface area contributed by atoms with Gasteiger partial charge in [0.1, 0.15) is 5.82 Å². The predicted octanol–water partition coefficient (Wildman–Crippen LogP) is -0.739. The van der Waals surface area contributed by atoms with E-state index in [2.05, 4.69) is 9.97 Å². The van der Waals surface area contributed by atoms with Crippen molar-refractivity contribution in [1.82, 2.24) is 9.97 Å². The smallest absolute Gasteiger partial charge is 0.254 e. The molecule has 1 aromatic rings. The fourth-order valence-corrected chi connectivity index (χ4v) is 3.01. The SMILES string of the molecule is CC(N)c1nc2c(c(=O)[nH]1)CCS(=O)(=O)C2. The number of hydrogen-bond acceptors (Lipinski definition) is 5. The number of fused-ring (bicyclic) bond motifs is 1. The van der Waals surface area contributed by atoms with E-state index in [9.17, 15) is 13.2 Å². The van der Waals surface area contributed by atoms with E-state index < -0.39 is 15.9 Å². The number of nitrogens with two attached hydrogens (primary N) is 1. The van der Waals surface area contributed by atoms with Gasteiger partial charge in [-0.1, -0.05) is 0 Å². The van der Waals surface area contributed by atoms with E-state index in [0.29, 0.717) is 17.1 Å². The number of H-pyrrole nitrogens is 1. The van der Waals surface area contributed by atoms with Gasteiger partial charge in [0.05, 0.1) is 23.2 Å². The number of sulfone groups is 1. The topological polar surface area (TPSA) is 106 Å². The van der Waals surface area contributed by atoms with E-state index in [0.717, 1.165) is 0 Å². The second kappa shape index (κ2) is 3.67. The fourth-order valence-electron chi connectivity index (χ4n) is 1.69. The van der Waals surface area contributed by atoms with Gasteiger partial charge in [0.2, 0.25) is 0 Å².